The predicted octanol–water partition coefficient (Wildman–Crippen LogP) is 1.72. The lowest BCUT2D eigenvalue weighted by Gasteiger charge is -2.24. The molecule has 0 bridgehead atoms. The molecule has 3 rings (SSSR count). The molecule has 1 amide bonds. The Kier molecular flexibility index (Phi) is 3.63. The van der Waals surface area contributed by atoms with Gasteiger partial charge in [-0.25, -0.2) is 8.42 Å². The van der Waals surface area contributed by atoms with E-state index in [1.807, 2.05) is 4.90 Å². The second-order valence-corrected chi connectivity index (χ2v) is 8.49. The first-order chi connectivity index (χ1) is 10.3. The monoisotopic (exact) mass is 323 g/mol. The van der Waals surface area contributed by atoms with Gasteiger partial charge in [0.2, 0.25) is 10.0 Å². The normalized spacial score (nSPS) is 25.3. The van der Waals surface area contributed by atoms with Gasteiger partial charge in [0.15, 0.2) is 0 Å². The van der Waals surface area contributed by atoms with Gasteiger partial charge in [-0.15, -0.1) is 0 Å². The van der Waals surface area contributed by atoms with Gasteiger partial charge in [0, 0.05) is 19.3 Å². The van der Waals surface area contributed by atoms with Crippen LogP contribution in [0, 0.1) is 11.3 Å². The summed E-state index contributed by atoms with van der Waals surface area (Å²) in [4.78, 5) is 18.4. The van der Waals surface area contributed by atoms with Gasteiger partial charge in [-0.2, -0.15) is 0 Å². The molecule has 2 fully saturated rings. The summed E-state index contributed by atoms with van der Waals surface area (Å²) in [5.74, 6) is 0.677. The van der Waals surface area contributed by atoms with Gasteiger partial charge >= 0.3 is 0 Å². The van der Waals surface area contributed by atoms with Crippen molar-refractivity contribution in [3.63, 3.8) is 0 Å². The number of carbonyl (C=O) groups is 1. The maximum Gasteiger partial charge on any atom is 0.255 e. The van der Waals surface area contributed by atoms with E-state index in [2.05, 4.69) is 16.6 Å². The Bertz CT molecular complexity index is 700. The van der Waals surface area contributed by atoms with Gasteiger partial charge in [0.1, 0.15) is 0 Å². The molecule has 1 saturated carbocycles. The molecule has 1 aromatic rings. The predicted molar refractivity (Wildman–Crippen MR) is 84.1 cm³/mol. The maximum absolute atomic E-state index is 12.6. The van der Waals surface area contributed by atoms with Crippen molar-refractivity contribution in [3.8, 4) is 0 Å². The molecule has 6 nitrogen and oxygen atoms in total. The molecule has 22 heavy (non-hydrogen) atoms. The number of nitrogens with zero attached hydrogens (tertiary/aromatic N) is 2. The molecular formula is C15H21N3O3S. The Balaban J connectivity index is 1.74. The maximum atomic E-state index is 12.6. The molecule has 0 aromatic carbocycles. The molecule has 1 unspecified atom stereocenters. The Morgan fingerprint density at radius 1 is 1.41 bits per heavy atom. The summed E-state index contributed by atoms with van der Waals surface area (Å²) < 4.78 is 24.9. The highest BCUT2D eigenvalue weighted by Crippen LogP contribution is 2.50. The van der Waals surface area contributed by atoms with E-state index in [1.54, 1.807) is 6.07 Å². The number of pyridine rings is 1. The van der Waals surface area contributed by atoms with Crippen LogP contribution in [0.1, 0.15) is 36.5 Å². The van der Waals surface area contributed by atoms with Crippen LogP contribution in [0.25, 0.3) is 0 Å². The van der Waals surface area contributed by atoms with E-state index in [9.17, 15) is 13.2 Å². The van der Waals surface area contributed by atoms with Gasteiger partial charge < -0.3 is 4.90 Å². The minimum atomic E-state index is -3.38. The Hall–Kier alpha value is -1.63. The molecule has 0 radical (unpaired) electrons. The van der Waals surface area contributed by atoms with Crippen LogP contribution in [0.2, 0.25) is 0 Å². The molecule has 7 heteroatoms. The van der Waals surface area contributed by atoms with E-state index >= 15 is 0 Å². The smallest absolute Gasteiger partial charge is 0.255 e. The summed E-state index contributed by atoms with van der Waals surface area (Å²) in [6.45, 7) is 3.80. The van der Waals surface area contributed by atoms with Crippen molar-refractivity contribution in [2.45, 2.75) is 26.2 Å². The number of carbonyl (C=O) groups excluding carboxylic acids is 1. The van der Waals surface area contributed by atoms with Crippen LogP contribution in [-0.4, -0.2) is 43.6 Å². The summed E-state index contributed by atoms with van der Waals surface area (Å²) in [6, 6.07) is 1.54. The minimum Gasteiger partial charge on any atom is -0.338 e. The molecule has 1 N–H and O–H groups in total. The van der Waals surface area contributed by atoms with E-state index in [0.29, 0.717) is 11.3 Å². The van der Waals surface area contributed by atoms with Crippen LogP contribution in [0.15, 0.2) is 18.5 Å². The number of hydrogen-bond donors (Lipinski definition) is 1. The van der Waals surface area contributed by atoms with E-state index in [-0.39, 0.29) is 11.3 Å². The van der Waals surface area contributed by atoms with Gasteiger partial charge in [-0.05, 0) is 36.7 Å². The van der Waals surface area contributed by atoms with Crippen LogP contribution in [0.5, 0.6) is 0 Å². The molecule has 2 aliphatic rings. The quantitative estimate of drug-likeness (QED) is 0.915. The average molecular weight is 323 g/mol. The fraction of sp³-hybridized carbons (Fsp3) is 0.600. The lowest BCUT2D eigenvalue weighted by molar-refractivity contribution is 0.0770. The summed E-state index contributed by atoms with van der Waals surface area (Å²) in [5, 5.41) is 0. The number of anilines is 1. The number of rotatable bonds is 4. The number of sulfonamides is 1. The van der Waals surface area contributed by atoms with E-state index in [1.165, 1.54) is 25.2 Å². The van der Waals surface area contributed by atoms with Crippen molar-refractivity contribution in [3.05, 3.63) is 24.0 Å². The third-order valence-electron chi connectivity index (χ3n) is 4.64. The molecule has 0 spiro atoms. The first-order valence-electron chi connectivity index (χ1n) is 7.49. The lowest BCUT2D eigenvalue weighted by atomic mass is 9.84. The fourth-order valence-corrected chi connectivity index (χ4v) is 3.82. The van der Waals surface area contributed by atoms with Crippen LogP contribution in [0.3, 0.4) is 0 Å². The van der Waals surface area contributed by atoms with Gasteiger partial charge in [0.05, 0.1) is 23.7 Å². The summed E-state index contributed by atoms with van der Waals surface area (Å²) in [5.41, 5.74) is 0.984. The summed E-state index contributed by atoms with van der Waals surface area (Å²) in [7, 11) is -3.38. The Morgan fingerprint density at radius 2 is 2.14 bits per heavy atom. The zero-order valence-corrected chi connectivity index (χ0v) is 13.7. The summed E-state index contributed by atoms with van der Waals surface area (Å²) in [6.07, 6.45) is 7.54. The number of hydrogen-bond acceptors (Lipinski definition) is 4. The highest BCUT2D eigenvalue weighted by Gasteiger charge is 2.46. The molecule has 1 atom stereocenters. The molecule has 1 aromatic heterocycles. The highest BCUT2D eigenvalue weighted by atomic mass is 32.2. The molecule has 1 aliphatic heterocycles. The number of nitrogens with one attached hydrogen (secondary N) is 1. The van der Waals surface area contributed by atoms with Crippen LogP contribution in [-0.2, 0) is 10.0 Å². The van der Waals surface area contributed by atoms with Crippen molar-refractivity contribution in [2.24, 2.45) is 11.3 Å². The Labute approximate surface area is 131 Å². The first-order valence-corrected chi connectivity index (χ1v) is 9.38. The van der Waals surface area contributed by atoms with Crippen LogP contribution in [0.4, 0.5) is 5.69 Å². The fourth-order valence-electron chi connectivity index (χ4n) is 3.28. The molecule has 2 heterocycles. The SMILES string of the molecule is CC1(C2CC2)CCN(C(=O)c2cncc(NS(C)(=O)=O)c2)C1. The van der Waals surface area contributed by atoms with Gasteiger partial charge in [0.25, 0.3) is 5.91 Å². The lowest BCUT2D eigenvalue weighted by Crippen LogP contribution is -2.32. The van der Waals surface area contributed by atoms with Crippen molar-refractivity contribution in [1.29, 1.82) is 0 Å². The third-order valence-corrected chi connectivity index (χ3v) is 5.25. The number of aromatic nitrogens is 1. The van der Waals surface area contributed by atoms with Gasteiger partial charge in [-0.3, -0.25) is 14.5 Å². The first kappa shape index (κ1) is 15.3. The largest absolute Gasteiger partial charge is 0.338 e. The van der Waals surface area contributed by atoms with Crippen molar-refractivity contribution in [1.82, 2.24) is 9.88 Å². The third kappa shape index (κ3) is 3.24. The number of likely N-dealkylation sites (tertiary alicyclic amines) is 1. The number of amides is 1. The molecule has 1 aliphatic carbocycles. The van der Waals surface area contributed by atoms with E-state index in [4.69, 9.17) is 0 Å². The van der Waals surface area contributed by atoms with Crippen LogP contribution >= 0.6 is 0 Å². The Morgan fingerprint density at radius 3 is 2.77 bits per heavy atom. The van der Waals surface area contributed by atoms with E-state index < -0.39 is 10.0 Å². The van der Waals surface area contributed by atoms with Crippen molar-refractivity contribution >= 4 is 21.6 Å². The average Bonchev–Trinajstić information content (AvgIpc) is 3.21. The molecule has 1 saturated heterocycles. The van der Waals surface area contributed by atoms with Crippen molar-refractivity contribution in [2.75, 3.05) is 24.1 Å². The standard InChI is InChI=1S/C15H21N3O3S/c1-15(12-3-4-12)5-6-18(10-15)14(19)11-7-13(9-16-8-11)17-22(2,20)21/h7-9,12,17H,3-6,10H2,1-2H3. The zero-order chi connectivity index (χ0) is 16.0. The van der Waals surface area contributed by atoms with Crippen LogP contribution < -0.4 is 4.72 Å². The second kappa shape index (κ2) is 5.22. The van der Waals surface area contributed by atoms with E-state index in [0.717, 1.165) is 31.7 Å². The highest BCUT2D eigenvalue weighted by molar-refractivity contribution is 7.92. The zero-order valence-electron chi connectivity index (χ0n) is 12.9. The van der Waals surface area contributed by atoms with Crippen molar-refractivity contribution < 1.29 is 13.2 Å². The summed E-state index contributed by atoms with van der Waals surface area (Å²) >= 11 is 0. The molecular weight excluding hydrogens is 302 g/mol. The van der Waals surface area contributed by atoms with Gasteiger partial charge in [-0.1, -0.05) is 6.92 Å². The minimum absolute atomic E-state index is 0.0750. The second-order valence-electron chi connectivity index (χ2n) is 6.74. The topological polar surface area (TPSA) is 79.4 Å². The molecule has 120 valence electrons.